The number of anilines is 2. The highest BCUT2D eigenvalue weighted by Crippen LogP contribution is 2.20. The van der Waals surface area contributed by atoms with Gasteiger partial charge in [0.15, 0.2) is 0 Å². The Kier molecular flexibility index (Phi) is 8.67. The van der Waals surface area contributed by atoms with Crippen LogP contribution in [0.4, 0.5) is 23.0 Å². The number of aromatic nitrogens is 2. The van der Waals surface area contributed by atoms with Gasteiger partial charge in [0.25, 0.3) is 11.4 Å². The Morgan fingerprint density at radius 3 is 1.80 bits per heavy atom. The van der Waals surface area contributed by atoms with E-state index in [9.17, 15) is 25.0 Å². The lowest BCUT2D eigenvalue weighted by Crippen LogP contribution is -2.05. The summed E-state index contributed by atoms with van der Waals surface area (Å²) >= 11 is 0. The van der Waals surface area contributed by atoms with Crippen LogP contribution in [0.1, 0.15) is 39.8 Å². The maximum absolute atomic E-state index is 11.9. The average Bonchev–Trinajstić information content (AvgIpc) is 2.96. The second kappa shape index (κ2) is 12.7. The first-order valence-corrected chi connectivity index (χ1v) is 12.1. The molecule has 0 spiro atoms. The molecule has 11 nitrogen and oxygen atoms in total. The Morgan fingerprint density at radius 1 is 0.800 bits per heavy atom. The summed E-state index contributed by atoms with van der Waals surface area (Å²) < 4.78 is 5.01. The Morgan fingerprint density at radius 2 is 1.32 bits per heavy atom. The molecule has 1 heterocycles. The molecule has 11 heteroatoms. The molecule has 4 aromatic rings. The Bertz CT molecular complexity index is 1530. The minimum atomic E-state index is -0.464. The molecule has 0 aliphatic heterocycles. The minimum Gasteiger partial charge on any atom is -0.462 e. The van der Waals surface area contributed by atoms with Gasteiger partial charge in [0, 0.05) is 30.0 Å². The third-order valence-corrected chi connectivity index (χ3v) is 5.47. The van der Waals surface area contributed by atoms with Crippen molar-refractivity contribution in [1.82, 2.24) is 9.97 Å². The van der Waals surface area contributed by atoms with Gasteiger partial charge in [-0.3, -0.25) is 20.2 Å². The molecule has 200 valence electrons. The predicted octanol–water partition coefficient (Wildman–Crippen LogP) is 6.55. The summed E-state index contributed by atoms with van der Waals surface area (Å²) in [5.41, 5.74) is 3.22. The van der Waals surface area contributed by atoms with Gasteiger partial charge < -0.3 is 10.1 Å². The average molecular weight is 538 g/mol. The summed E-state index contributed by atoms with van der Waals surface area (Å²) in [6.07, 6.45) is 6.78. The van der Waals surface area contributed by atoms with Crippen molar-refractivity contribution in [3.8, 4) is 0 Å². The highest BCUT2D eigenvalue weighted by molar-refractivity contribution is 5.89. The zero-order valence-electron chi connectivity index (χ0n) is 21.3. The number of hydrogen-bond acceptors (Lipinski definition) is 9. The molecule has 0 unspecified atom stereocenters. The van der Waals surface area contributed by atoms with E-state index in [0.29, 0.717) is 33.8 Å². The standard InChI is InChI=1S/C29H23N5O6/c1-2-40-28(35)22-11-15-23(16-12-22)30-29-31-24(13-9-20-5-3-7-26(17-20)33(36)37)19-25(32-29)14-10-21-6-4-8-27(18-21)34(38)39/h3-19H,2H2,1H3,(H,30,31,32). The molecule has 1 aromatic heterocycles. The first-order chi connectivity index (χ1) is 19.3. The molecule has 3 aromatic carbocycles. The van der Waals surface area contributed by atoms with Crippen LogP contribution >= 0.6 is 0 Å². The van der Waals surface area contributed by atoms with Crippen molar-refractivity contribution in [1.29, 1.82) is 0 Å². The van der Waals surface area contributed by atoms with E-state index in [-0.39, 0.29) is 23.9 Å². The van der Waals surface area contributed by atoms with Crippen LogP contribution in [0.2, 0.25) is 0 Å². The molecule has 1 N–H and O–H groups in total. The molecule has 0 atom stereocenters. The molecule has 4 rings (SSSR count). The molecule has 0 saturated heterocycles. The fourth-order valence-corrected chi connectivity index (χ4v) is 3.59. The van der Waals surface area contributed by atoms with Gasteiger partial charge in [-0.2, -0.15) is 0 Å². The van der Waals surface area contributed by atoms with Gasteiger partial charge in [0.2, 0.25) is 5.95 Å². The molecule has 0 fully saturated rings. The third-order valence-electron chi connectivity index (χ3n) is 5.47. The minimum absolute atomic E-state index is 0.0287. The molecular formula is C29H23N5O6. The summed E-state index contributed by atoms with van der Waals surface area (Å²) in [5, 5.41) is 25.3. The normalized spacial score (nSPS) is 11.0. The smallest absolute Gasteiger partial charge is 0.338 e. The maximum atomic E-state index is 11.9. The van der Waals surface area contributed by atoms with Gasteiger partial charge in [-0.1, -0.05) is 36.4 Å². The van der Waals surface area contributed by atoms with Crippen LogP contribution in [0.15, 0.2) is 78.9 Å². The first-order valence-electron chi connectivity index (χ1n) is 12.1. The van der Waals surface area contributed by atoms with E-state index in [2.05, 4.69) is 15.3 Å². The molecule has 0 bridgehead atoms. The summed E-state index contributed by atoms with van der Waals surface area (Å²) in [7, 11) is 0. The second-order valence-electron chi connectivity index (χ2n) is 8.33. The van der Waals surface area contributed by atoms with Crippen molar-refractivity contribution < 1.29 is 19.4 Å². The van der Waals surface area contributed by atoms with Gasteiger partial charge in [-0.15, -0.1) is 0 Å². The number of ether oxygens (including phenoxy) is 1. The molecule has 0 aliphatic rings. The SMILES string of the molecule is CCOC(=O)c1ccc(Nc2nc(C=Cc3cccc([N+](=O)[O-])c3)cc(C=Cc3cccc([N+](=O)[O-])c3)n2)cc1. The number of esters is 1. The van der Waals surface area contributed by atoms with Gasteiger partial charge in [-0.25, -0.2) is 14.8 Å². The maximum Gasteiger partial charge on any atom is 0.338 e. The van der Waals surface area contributed by atoms with E-state index in [1.54, 1.807) is 85.8 Å². The summed E-state index contributed by atoms with van der Waals surface area (Å²) in [6, 6.07) is 20.7. The number of nitro benzene ring substituents is 2. The lowest BCUT2D eigenvalue weighted by molar-refractivity contribution is -0.385. The number of hydrogen-bond donors (Lipinski definition) is 1. The van der Waals surface area contributed by atoms with Crippen LogP contribution in [-0.2, 0) is 4.74 Å². The van der Waals surface area contributed by atoms with Gasteiger partial charge in [-0.05, 0) is 60.5 Å². The quantitative estimate of drug-likeness (QED) is 0.135. The molecular weight excluding hydrogens is 514 g/mol. The largest absolute Gasteiger partial charge is 0.462 e. The molecule has 0 radical (unpaired) electrons. The van der Waals surface area contributed by atoms with E-state index in [1.165, 1.54) is 24.3 Å². The van der Waals surface area contributed by atoms with Crippen LogP contribution in [0.25, 0.3) is 24.3 Å². The van der Waals surface area contributed by atoms with E-state index >= 15 is 0 Å². The fraction of sp³-hybridized carbons (Fsp3) is 0.0690. The van der Waals surface area contributed by atoms with Crippen molar-refractivity contribution in [2.45, 2.75) is 6.92 Å². The monoisotopic (exact) mass is 537 g/mol. The van der Waals surface area contributed by atoms with Crippen molar-refractivity contribution in [3.05, 3.63) is 127 Å². The molecule has 0 aliphatic carbocycles. The third kappa shape index (κ3) is 7.42. The van der Waals surface area contributed by atoms with Crippen molar-refractivity contribution in [3.63, 3.8) is 0 Å². The number of non-ortho nitro benzene ring substituents is 2. The van der Waals surface area contributed by atoms with Gasteiger partial charge in [0.1, 0.15) is 0 Å². The number of nitrogens with zero attached hydrogens (tertiary/aromatic N) is 4. The zero-order valence-corrected chi connectivity index (χ0v) is 21.3. The summed E-state index contributed by atoms with van der Waals surface area (Å²) in [6.45, 7) is 2.01. The van der Waals surface area contributed by atoms with Crippen molar-refractivity contribution in [2.75, 3.05) is 11.9 Å². The number of benzene rings is 3. The zero-order chi connectivity index (χ0) is 28.5. The molecule has 0 amide bonds. The number of rotatable bonds is 10. The number of nitro groups is 2. The molecule has 0 saturated carbocycles. The van der Waals surface area contributed by atoms with Crippen LogP contribution in [0.5, 0.6) is 0 Å². The fourth-order valence-electron chi connectivity index (χ4n) is 3.59. The lowest BCUT2D eigenvalue weighted by Gasteiger charge is -2.08. The van der Waals surface area contributed by atoms with Crippen LogP contribution in [0.3, 0.4) is 0 Å². The van der Waals surface area contributed by atoms with Gasteiger partial charge >= 0.3 is 5.97 Å². The van der Waals surface area contributed by atoms with Crippen LogP contribution in [-0.4, -0.2) is 32.4 Å². The second-order valence-corrected chi connectivity index (χ2v) is 8.33. The van der Waals surface area contributed by atoms with E-state index in [4.69, 9.17) is 4.74 Å². The van der Waals surface area contributed by atoms with E-state index < -0.39 is 15.8 Å². The first kappa shape index (κ1) is 27.3. The Hall–Kier alpha value is -5.71. The number of carbonyl (C=O) groups is 1. The van der Waals surface area contributed by atoms with E-state index in [0.717, 1.165) is 0 Å². The highest BCUT2D eigenvalue weighted by atomic mass is 16.6. The predicted molar refractivity (Wildman–Crippen MR) is 152 cm³/mol. The van der Waals surface area contributed by atoms with Crippen molar-refractivity contribution >= 4 is 53.3 Å². The molecule has 40 heavy (non-hydrogen) atoms. The van der Waals surface area contributed by atoms with Crippen LogP contribution in [0, 0.1) is 20.2 Å². The van der Waals surface area contributed by atoms with Crippen LogP contribution < -0.4 is 5.32 Å². The van der Waals surface area contributed by atoms with Gasteiger partial charge in [0.05, 0.1) is 33.4 Å². The summed E-state index contributed by atoms with van der Waals surface area (Å²) in [5.74, 6) is -0.170. The Labute approximate surface area is 228 Å². The van der Waals surface area contributed by atoms with E-state index in [1.807, 2.05) is 0 Å². The lowest BCUT2D eigenvalue weighted by atomic mass is 10.1. The highest BCUT2D eigenvalue weighted by Gasteiger charge is 2.09. The van der Waals surface area contributed by atoms with Crippen molar-refractivity contribution in [2.24, 2.45) is 0 Å². The topological polar surface area (TPSA) is 150 Å². The Balaban J connectivity index is 1.65. The summed E-state index contributed by atoms with van der Waals surface area (Å²) in [4.78, 5) is 42.3. The number of nitrogens with one attached hydrogen (secondary N) is 1. The number of carbonyl (C=O) groups excluding carboxylic acids is 1.